The minimum absolute atomic E-state index is 0.187. The van der Waals surface area contributed by atoms with Crippen molar-refractivity contribution in [1.29, 1.82) is 0 Å². The average molecular weight is 453 g/mol. The van der Waals surface area contributed by atoms with Crippen molar-refractivity contribution in [3.05, 3.63) is 89.4 Å². The maximum atomic E-state index is 13.3. The summed E-state index contributed by atoms with van der Waals surface area (Å²) >= 11 is 0. The molecule has 1 aliphatic heterocycles. The van der Waals surface area contributed by atoms with Crippen molar-refractivity contribution in [2.45, 2.75) is 36.9 Å². The summed E-state index contributed by atoms with van der Waals surface area (Å²) in [5.74, 6) is -0.430. The maximum Gasteiger partial charge on any atom is 0.290 e. The van der Waals surface area contributed by atoms with Gasteiger partial charge in [-0.25, -0.2) is 8.42 Å². The molecule has 166 valence electrons. The summed E-state index contributed by atoms with van der Waals surface area (Å²) in [7, 11) is -3.29. The molecule has 3 aromatic rings. The second kappa shape index (κ2) is 8.63. The van der Waals surface area contributed by atoms with E-state index in [-0.39, 0.29) is 28.5 Å². The average Bonchev–Trinajstić information content (AvgIpc) is 3.32. The number of furan rings is 1. The molecule has 2 atom stereocenters. The van der Waals surface area contributed by atoms with Gasteiger partial charge in [0.1, 0.15) is 6.04 Å². The summed E-state index contributed by atoms with van der Waals surface area (Å²) in [6.07, 6.45) is 2.98. The Kier molecular flexibility index (Phi) is 5.88. The molecule has 2 heterocycles. The van der Waals surface area contributed by atoms with Crippen molar-refractivity contribution >= 4 is 21.7 Å². The zero-order chi connectivity index (χ0) is 22.9. The third kappa shape index (κ3) is 4.45. The van der Waals surface area contributed by atoms with Gasteiger partial charge < -0.3 is 14.6 Å². The van der Waals surface area contributed by atoms with E-state index in [2.05, 4.69) is 5.32 Å². The molecule has 2 unspecified atom stereocenters. The molecule has 32 heavy (non-hydrogen) atoms. The first-order valence-electron chi connectivity index (χ1n) is 10.3. The van der Waals surface area contributed by atoms with Gasteiger partial charge in [-0.1, -0.05) is 36.4 Å². The minimum Gasteiger partial charge on any atom is -0.459 e. The zero-order valence-electron chi connectivity index (χ0n) is 17.8. The zero-order valence-corrected chi connectivity index (χ0v) is 18.6. The number of amides is 2. The van der Waals surface area contributed by atoms with E-state index in [1.165, 1.54) is 23.3 Å². The molecule has 0 saturated carbocycles. The van der Waals surface area contributed by atoms with Crippen LogP contribution >= 0.6 is 0 Å². The van der Waals surface area contributed by atoms with Crippen LogP contribution in [0, 0.1) is 0 Å². The number of hydrogen-bond donors (Lipinski definition) is 1. The van der Waals surface area contributed by atoms with Gasteiger partial charge in [-0.2, -0.15) is 0 Å². The summed E-state index contributed by atoms with van der Waals surface area (Å²) in [4.78, 5) is 28.1. The van der Waals surface area contributed by atoms with E-state index >= 15 is 0 Å². The Morgan fingerprint density at radius 1 is 1.03 bits per heavy atom. The lowest BCUT2D eigenvalue weighted by Crippen LogP contribution is -2.52. The van der Waals surface area contributed by atoms with Crippen LogP contribution in [0.1, 0.15) is 40.2 Å². The Hall–Kier alpha value is -3.39. The Morgan fingerprint density at radius 3 is 2.34 bits per heavy atom. The SMILES string of the molecule is CC(NC(=O)C1Cc2ccccc2CN1C(=O)c1ccco1)c1ccc(S(C)(=O)=O)cc1. The van der Waals surface area contributed by atoms with Crippen molar-refractivity contribution in [2.75, 3.05) is 6.26 Å². The molecular weight excluding hydrogens is 428 g/mol. The molecule has 0 saturated heterocycles. The number of carbonyl (C=O) groups is 2. The fourth-order valence-electron chi connectivity index (χ4n) is 3.91. The van der Waals surface area contributed by atoms with Gasteiger partial charge in [0.25, 0.3) is 5.91 Å². The molecule has 1 N–H and O–H groups in total. The van der Waals surface area contributed by atoms with Gasteiger partial charge >= 0.3 is 0 Å². The molecular formula is C24H24N2O5S. The summed E-state index contributed by atoms with van der Waals surface area (Å²) < 4.78 is 28.6. The van der Waals surface area contributed by atoms with Crippen LogP contribution in [0.15, 0.2) is 76.2 Å². The van der Waals surface area contributed by atoms with Crippen molar-refractivity contribution in [3.63, 3.8) is 0 Å². The summed E-state index contributed by atoms with van der Waals surface area (Å²) in [6, 6.07) is 16.3. The quantitative estimate of drug-likeness (QED) is 0.642. The molecule has 7 nitrogen and oxygen atoms in total. The monoisotopic (exact) mass is 452 g/mol. The van der Waals surface area contributed by atoms with Crippen molar-refractivity contribution in [3.8, 4) is 0 Å². The number of sulfone groups is 1. The summed E-state index contributed by atoms with van der Waals surface area (Å²) in [5, 5.41) is 2.97. The van der Waals surface area contributed by atoms with E-state index in [0.29, 0.717) is 13.0 Å². The molecule has 0 radical (unpaired) electrons. The van der Waals surface area contributed by atoms with Gasteiger partial charge in [0.05, 0.1) is 17.2 Å². The summed E-state index contributed by atoms with van der Waals surface area (Å²) in [5.41, 5.74) is 2.80. The second-order valence-corrected chi connectivity index (χ2v) is 9.99. The van der Waals surface area contributed by atoms with E-state index in [4.69, 9.17) is 4.42 Å². The standard InChI is InChI=1S/C24H24N2O5S/c1-16(17-9-11-20(12-10-17)32(2,29)30)25-23(27)21-14-18-6-3-4-7-19(18)15-26(21)24(28)22-8-5-13-31-22/h3-13,16,21H,14-15H2,1-2H3,(H,25,27). The van der Waals surface area contributed by atoms with Gasteiger partial charge in [0.2, 0.25) is 5.91 Å². The van der Waals surface area contributed by atoms with Crippen LogP contribution in [-0.4, -0.2) is 37.4 Å². The van der Waals surface area contributed by atoms with Crippen LogP contribution < -0.4 is 5.32 Å². The smallest absolute Gasteiger partial charge is 0.290 e. The molecule has 0 spiro atoms. The van der Waals surface area contributed by atoms with Gasteiger partial charge in [-0.3, -0.25) is 9.59 Å². The number of carbonyl (C=O) groups excluding carboxylic acids is 2. The molecule has 1 aliphatic rings. The minimum atomic E-state index is -3.29. The number of nitrogens with zero attached hydrogens (tertiary/aromatic N) is 1. The van der Waals surface area contributed by atoms with Crippen LogP contribution in [0.5, 0.6) is 0 Å². The molecule has 0 fully saturated rings. The molecule has 0 bridgehead atoms. The van der Waals surface area contributed by atoms with E-state index in [1.807, 2.05) is 31.2 Å². The Balaban J connectivity index is 1.56. The van der Waals surface area contributed by atoms with Crippen LogP contribution in [0.2, 0.25) is 0 Å². The largest absolute Gasteiger partial charge is 0.459 e. The number of rotatable bonds is 5. The number of hydrogen-bond acceptors (Lipinski definition) is 5. The van der Waals surface area contributed by atoms with Gasteiger partial charge in [0, 0.05) is 19.2 Å². The lowest BCUT2D eigenvalue weighted by molar-refractivity contribution is -0.126. The first-order chi connectivity index (χ1) is 15.2. The van der Waals surface area contributed by atoms with E-state index in [0.717, 1.165) is 22.9 Å². The fourth-order valence-corrected chi connectivity index (χ4v) is 4.54. The van der Waals surface area contributed by atoms with E-state index < -0.39 is 15.9 Å². The highest BCUT2D eigenvalue weighted by atomic mass is 32.2. The molecule has 4 rings (SSSR count). The lowest BCUT2D eigenvalue weighted by Gasteiger charge is -2.36. The predicted molar refractivity (Wildman–Crippen MR) is 119 cm³/mol. The Morgan fingerprint density at radius 2 is 1.72 bits per heavy atom. The van der Waals surface area contributed by atoms with Crippen LogP contribution in [-0.2, 0) is 27.6 Å². The second-order valence-electron chi connectivity index (χ2n) is 7.97. The first-order valence-corrected chi connectivity index (χ1v) is 12.1. The van der Waals surface area contributed by atoms with Crippen molar-refractivity contribution in [2.24, 2.45) is 0 Å². The van der Waals surface area contributed by atoms with E-state index in [9.17, 15) is 18.0 Å². The van der Waals surface area contributed by atoms with E-state index in [1.54, 1.807) is 24.3 Å². The highest BCUT2D eigenvalue weighted by molar-refractivity contribution is 7.90. The number of benzene rings is 2. The highest BCUT2D eigenvalue weighted by Crippen LogP contribution is 2.26. The molecule has 2 aromatic carbocycles. The normalized spacial score (nSPS) is 16.8. The third-order valence-electron chi connectivity index (χ3n) is 5.71. The van der Waals surface area contributed by atoms with Crippen LogP contribution in [0.25, 0.3) is 0 Å². The number of nitrogens with one attached hydrogen (secondary N) is 1. The van der Waals surface area contributed by atoms with Crippen LogP contribution in [0.3, 0.4) is 0 Å². The van der Waals surface area contributed by atoms with Crippen molar-refractivity contribution in [1.82, 2.24) is 10.2 Å². The predicted octanol–water partition coefficient (Wildman–Crippen LogP) is 3.13. The summed E-state index contributed by atoms with van der Waals surface area (Å²) in [6.45, 7) is 2.13. The van der Waals surface area contributed by atoms with Gasteiger partial charge in [0.15, 0.2) is 15.6 Å². The van der Waals surface area contributed by atoms with Gasteiger partial charge in [-0.15, -0.1) is 0 Å². The molecule has 8 heteroatoms. The van der Waals surface area contributed by atoms with Gasteiger partial charge in [-0.05, 0) is 47.9 Å². The van der Waals surface area contributed by atoms with Crippen LogP contribution in [0.4, 0.5) is 0 Å². The lowest BCUT2D eigenvalue weighted by atomic mass is 9.93. The topological polar surface area (TPSA) is 96.7 Å². The third-order valence-corrected chi connectivity index (χ3v) is 6.84. The molecule has 0 aliphatic carbocycles. The maximum absolute atomic E-state index is 13.3. The highest BCUT2D eigenvalue weighted by Gasteiger charge is 2.36. The fraction of sp³-hybridized carbons (Fsp3) is 0.250. The number of fused-ring (bicyclic) bond motifs is 1. The molecule has 2 amide bonds. The Bertz CT molecular complexity index is 1230. The van der Waals surface area contributed by atoms with Crippen molar-refractivity contribution < 1.29 is 22.4 Å². The Labute approximate surface area is 187 Å². The molecule has 1 aromatic heterocycles. The first kappa shape index (κ1) is 21.8.